The third kappa shape index (κ3) is 4.35. The number of benzene rings is 2. The molecule has 0 bridgehead atoms. The van der Waals surface area contributed by atoms with Gasteiger partial charge in [-0.15, -0.1) is 0 Å². The molecule has 1 aliphatic rings. The minimum absolute atomic E-state index is 0.0957. The lowest BCUT2D eigenvalue weighted by Crippen LogP contribution is -2.29. The van der Waals surface area contributed by atoms with Gasteiger partial charge in [0, 0.05) is 24.8 Å². The molecule has 6 heteroatoms. The number of hydrogen-bond donors (Lipinski definition) is 1. The molecule has 2 aromatic rings. The highest BCUT2D eigenvalue weighted by atomic mass is 16.3. The Hall–Kier alpha value is -3.25. The largest absolute Gasteiger partial charge is 0.395 e. The third-order valence-corrected chi connectivity index (χ3v) is 4.67. The molecule has 0 aliphatic carbocycles. The van der Waals surface area contributed by atoms with E-state index in [1.807, 2.05) is 55.3 Å². The molecule has 28 heavy (non-hydrogen) atoms. The van der Waals surface area contributed by atoms with Crippen molar-refractivity contribution in [2.45, 2.75) is 13.5 Å². The second-order valence-electron chi connectivity index (χ2n) is 6.68. The second kappa shape index (κ2) is 8.63. The SMILES string of the molecule is CC1=N/C(=C\c2ccc(N(C)CCO)cc2)C(=O)N1Cc1ccc(C=O)cc1. The number of nitrogens with zero attached hydrogens (tertiary/aromatic N) is 3. The number of aldehydes is 1. The fourth-order valence-electron chi connectivity index (χ4n) is 2.99. The van der Waals surface area contributed by atoms with Crippen LogP contribution in [-0.4, -0.2) is 48.2 Å². The summed E-state index contributed by atoms with van der Waals surface area (Å²) >= 11 is 0. The monoisotopic (exact) mass is 377 g/mol. The first-order chi connectivity index (χ1) is 13.5. The summed E-state index contributed by atoms with van der Waals surface area (Å²) in [6, 6.07) is 14.9. The summed E-state index contributed by atoms with van der Waals surface area (Å²) in [5.74, 6) is 0.508. The van der Waals surface area contributed by atoms with Crippen LogP contribution in [0.25, 0.3) is 6.08 Å². The maximum atomic E-state index is 12.8. The molecule has 0 unspecified atom stereocenters. The molecular weight excluding hydrogens is 354 g/mol. The van der Waals surface area contributed by atoms with E-state index in [9.17, 15) is 9.59 Å². The summed E-state index contributed by atoms with van der Waals surface area (Å²) in [5, 5.41) is 9.03. The zero-order chi connectivity index (χ0) is 20.1. The molecule has 3 rings (SSSR count). The van der Waals surface area contributed by atoms with Gasteiger partial charge in [-0.2, -0.15) is 0 Å². The first kappa shape index (κ1) is 19.5. The molecule has 0 saturated heterocycles. The van der Waals surface area contributed by atoms with Gasteiger partial charge in [0.05, 0.1) is 13.2 Å². The predicted molar refractivity (Wildman–Crippen MR) is 110 cm³/mol. The molecule has 1 heterocycles. The lowest BCUT2D eigenvalue weighted by Gasteiger charge is -2.17. The van der Waals surface area contributed by atoms with Crippen LogP contribution in [0, 0.1) is 0 Å². The molecule has 1 amide bonds. The smallest absolute Gasteiger partial charge is 0.278 e. The van der Waals surface area contributed by atoms with Gasteiger partial charge in [0.25, 0.3) is 5.91 Å². The Balaban J connectivity index is 1.73. The highest BCUT2D eigenvalue weighted by Gasteiger charge is 2.27. The number of amidine groups is 1. The van der Waals surface area contributed by atoms with Crippen molar-refractivity contribution in [2.24, 2.45) is 4.99 Å². The summed E-state index contributed by atoms with van der Waals surface area (Å²) < 4.78 is 0. The molecule has 6 nitrogen and oxygen atoms in total. The first-order valence-corrected chi connectivity index (χ1v) is 9.07. The topological polar surface area (TPSA) is 73.2 Å². The first-order valence-electron chi connectivity index (χ1n) is 9.07. The molecule has 0 fully saturated rings. The Kier molecular flexibility index (Phi) is 6.01. The summed E-state index contributed by atoms with van der Waals surface area (Å²) in [7, 11) is 1.91. The molecule has 0 radical (unpaired) electrons. The van der Waals surface area contributed by atoms with E-state index in [4.69, 9.17) is 5.11 Å². The van der Waals surface area contributed by atoms with E-state index in [1.165, 1.54) is 0 Å². The van der Waals surface area contributed by atoms with E-state index in [2.05, 4.69) is 4.99 Å². The standard InChI is InChI=1S/C22H23N3O3/c1-16-23-21(13-17-7-9-20(10-8-17)24(2)11-12-26)22(28)25(16)14-18-3-5-19(15-27)6-4-18/h3-10,13,15,26H,11-12,14H2,1-2H3/b21-13-. The van der Waals surface area contributed by atoms with Crippen LogP contribution < -0.4 is 4.90 Å². The average Bonchev–Trinajstić information content (AvgIpc) is 2.96. The van der Waals surface area contributed by atoms with Crippen molar-refractivity contribution in [3.05, 3.63) is 70.9 Å². The number of carbonyl (C=O) groups is 2. The summed E-state index contributed by atoms with van der Waals surface area (Å²) in [5.41, 5.74) is 3.83. The van der Waals surface area contributed by atoms with Gasteiger partial charge >= 0.3 is 0 Å². The Labute approximate surface area is 164 Å². The molecule has 144 valence electrons. The number of amides is 1. The van der Waals surface area contributed by atoms with Crippen molar-refractivity contribution in [1.82, 2.24) is 4.90 Å². The van der Waals surface area contributed by atoms with Gasteiger partial charge in [0.15, 0.2) is 0 Å². The number of hydrogen-bond acceptors (Lipinski definition) is 5. The minimum Gasteiger partial charge on any atom is -0.395 e. The Morgan fingerprint density at radius 3 is 2.32 bits per heavy atom. The number of rotatable bonds is 7. The Morgan fingerprint density at radius 1 is 1.07 bits per heavy atom. The van der Waals surface area contributed by atoms with Crippen molar-refractivity contribution in [3.8, 4) is 0 Å². The van der Waals surface area contributed by atoms with Crippen molar-refractivity contribution in [3.63, 3.8) is 0 Å². The minimum atomic E-state index is -0.140. The van der Waals surface area contributed by atoms with Crippen LogP contribution in [0.1, 0.15) is 28.4 Å². The van der Waals surface area contributed by atoms with Gasteiger partial charge < -0.3 is 10.0 Å². The van der Waals surface area contributed by atoms with E-state index < -0.39 is 0 Å². The van der Waals surface area contributed by atoms with Crippen LogP contribution in [0.15, 0.2) is 59.2 Å². The summed E-state index contributed by atoms with van der Waals surface area (Å²) in [4.78, 5) is 31.5. The van der Waals surface area contributed by atoms with Crippen molar-refractivity contribution in [1.29, 1.82) is 0 Å². The van der Waals surface area contributed by atoms with Crippen LogP contribution in [0.3, 0.4) is 0 Å². The van der Waals surface area contributed by atoms with Gasteiger partial charge in [-0.25, -0.2) is 4.99 Å². The van der Waals surface area contributed by atoms with Gasteiger partial charge in [-0.3, -0.25) is 14.5 Å². The molecule has 0 aromatic heterocycles. The van der Waals surface area contributed by atoms with Gasteiger partial charge in [0.1, 0.15) is 17.8 Å². The number of anilines is 1. The van der Waals surface area contributed by atoms with E-state index in [-0.39, 0.29) is 12.5 Å². The quantitative estimate of drug-likeness (QED) is 0.595. The summed E-state index contributed by atoms with van der Waals surface area (Å²) in [6.07, 6.45) is 2.57. The molecule has 1 aliphatic heterocycles. The molecule has 1 N–H and O–H groups in total. The maximum Gasteiger partial charge on any atom is 0.278 e. The van der Waals surface area contributed by atoms with Crippen molar-refractivity contribution >= 4 is 29.8 Å². The Morgan fingerprint density at radius 2 is 1.71 bits per heavy atom. The number of aliphatic hydroxyl groups excluding tert-OH is 1. The fraction of sp³-hybridized carbons (Fsp3) is 0.227. The fourth-order valence-corrected chi connectivity index (χ4v) is 2.99. The van der Waals surface area contributed by atoms with Gasteiger partial charge in [-0.1, -0.05) is 36.4 Å². The lowest BCUT2D eigenvalue weighted by molar-refractivity contribution is -0.123. The zero-order valence-electron chi connectivity index (χ0n) is 16.0. The van der Waals surface area contributed by atoms with Crippen molar-refractivity contribution in [2.75, 3.05) is 25.1 Å². The molecular formula is C22H23N3O3. The van der Waals surface area contributed by atoms with Crippen LogP contribution in [0.5, 0.6) is 0 Å². The third-order valence-electron chi connectivity index (χ3n) is 4.67. The average molecular weight is 377 g/mol. The number of aliphatic imine (C=N–C) groups is 1. The molecule has 0 spiro atoms. The zero-order valence-corrected chi connectivity index (χ0v) is 16.0. The lowest BCUT2D eigenvalue weighted by atomic mass is 10.1. The second-order valence-corrected chi connectivity index (χ2v) is 6.68. The van der Waals surface area contributed by atoms with E-state index in [1.54, 1.807) is 23.1 Å². The molecule has 0 atom stereocenters. The molecule has 2 aromatic carbocycles. The maximum absolute atomic E-state index is 12.8. The molecule has 0 saturated carbocycles. The number of carbonyl (C=O) groups excluding carboxylic acids is 2. The predicted octanol–water partition coefficient (Wildman–Crippen LogP) is 2.73. The van der Waals surface area contributed by atoms with E-state index in [0.717, 1.165) is 23.1 Å². The van der Waals surface area contributed by atoms with Crippen LogP contribution in [-0.2, 0) is 11.3 Å². The van der Waals surface area contributed by atoms with Crippen LogP contribution in [0.2, 0.25) is 0 Å². The van der Waals surface area contributed by atoms with E-state index >= 15 is 0 Å². The summed E-state index contributed by atoms with van der Waals surface area (Å²) in [6.45, 7) is 2.88. The number of aliphatic hydroxyl groups is 1. The van der Waals surface area contributed by atoms with Crippen LogP contribution in [0.4, 0.5) is 5.69 Å². The van der Waals surface area contributed by atoms with Crippen molar-refractivity contribution < 1.29 is 14.7 Å². The van der Waals surface area contributed by atoms with E-state index in [0.29, 0.717) is 30.2 Å². The van der Waals surface area contributed by atoms with Gasteiger partial charge in [-0.05, 0) is 36.3 Å². The number of likely N-dealkylation sites (N-methyl/N-ethyl adjacent to an activating group) is 1. The normalized spacial score (nSPS) is 15.1. The Bertz CT molecular complexity index is 915. The highest BCUT2D eigenvalue weighted by Crippen LogP contribution is 2.22. The highest BCUT2D eigenvalue weighted by molar-refractivity contribution is 6.13. The van der Waals surface area contributed by atoms with Gasteiger partial charge in [0.2, 0.25) is 0 Å². The van der Waals surface area contributed by atoms with Crippen LogP contribution >= 0.6 is 0 Å².